The van der Waals surface area contributed by atoms with E-state index in [1.807, 2.05) is 46.8 Å². The molecule has 1 atom stereocenters. The molecular formula is C25H31ClN4O3. The van der Waals surface area contributed by atoms with E-state index < -0.39 is 11.1 Å². The van der Waals surface area contributed by atoms with E-state index in [1.165, 1.54) is 0 Å². The highest BCUT2D eigenvalue weighted by Gasteiger charge is 2.44. The second kappa shape index (κ2) is 8.61. The minimum absolute atomic E-state index is 0.0534. The zero-order chi connectivity index (χ0) is 24.0. The van der Waals surface area contributed by atoms with Crippen LogP contribution in [0.4, 0.5) is 10.5 Å². The summed E-state index contributed by atoms with van der Waals surface area (Å²) in [5, 5.41) is 4.12. The third kappa shape index (κ3) is 4.84. The molecule has 0 saturated carbocycles. The van der Waals surface area contributed by atoms with Gasteiger partial charge in [0.15, 0.2) is 0 Å². The van der Waals surface area contributed by atoms with Crippen LogP contribution < -0.4 is 10.2 Å². The third-order valence-corrected chi connectivity index (χ3v) is 6.34. The molecule has 3 heterocycles. The van der Waals surface area contributed by atoms with E-state index in [0.29, 0.717) is 30.2 Å². The molecule has 0 bridgehead atoms. The Kier molecular flexibility index (Phi) is 6.14. The lowest BCUT2D eigenvalue weighted by atomic mass is 9.93. The number of carbonyl (C=O) groups excluding carboxylic acids is 2. The first-order valence-electron chi connectivity index (χ1n) is 11.3. The van der Waals surface area contributed by atoms with Crippen LogP contribution in [0.15, 0.2) is 36.7 Å². The van der Waals surface area contributed by atoms with Crippen LogP contribution in [-0.2, 0) is 16.8 Å². The van der Waals surface area contributed by atoms with Gasteiger partial charge in [0.25, 0.3) is 5.91 Å². The van der Waals surface area contributed by atoms with Gasteiger partial charge in [-0.1, -0.05) is 11.6 Å². The molecule has 0 radical (unpaired) electrons. The molecule has 176 valence electrons. The second-order valence-corrected chi connectivity index (χ2v) is 10.7. The largest absolute Gasteiger partial charge is 0.444 e. The molecular weight excluding hydrogens is 440 g/mol. The lowest BCUT2D eigenvalue weighted by Gasteiger charge is -2.32. The molecule has 1 fully saturated rings. The van der Waals surface area contributed by atoms with Crippen LogP contribution in [0.2, 0.25) is 5.02 Å². The van der Waals surface area contributed by atoms with Crippen molar-refractivity contribution in [2.45, 2.75) is 64.8 Å². The molecule has 0 aliphatic carbocycles. The second-order valence-electron chi connectivity index (χ2n) is 10.2. The van der Waals surface area contributed by atoms with Crippen molar-refractivity contribution >= 4 is 29.3 Å². The maximum absolute atomic E-state index is 13.2. The molecule has 1 unspecified atom stereocenters. The van der Waals surface area contributed by atoms with Gasteiger partial charge in [0, 0.05) is 42.5 Å². The van der Waals surface area contributed by atoms with Crippen molar-refractivity contribution in [3.63, 3.8) is 0 Å². The first-order chi connectivity index (χ1) is 15.5. The molecule has 1 N–H and O–H groups in total. The number of benzene rings is 1. The number of rotatable bonds is 4. The molecule has 1 saturated heterocycles. The summed E-state index contributed by atoms with van der Waals surface area (Å²) in [6.07, 6.45) is 4.11. The minimum Gasteiger partial charge on any atom is -0.444 e. The molecule has 1 aromatic carbocycles. The Morgan fingerprint density at radius 1 is 1.27 bits per heavy atom. The highest BCUT2D eigenvalue weighted by molar-refractivity contribution is 6.31. The molecule has 33 heavy (non-hydrogen) atoms. The van der Waals surface area contributed by atoms with E-state index in [4.69, 9.17) is 16.3 Å². The van der Waals surface area contributed by atoms with E-state index in [1.54, 1.807) is 34.3 Å². The SMILES string of the molecule is CC(C)(C)OC(=O)N1CCC(NCc2cncc(N3C(=O)c4ccc(Cl)cc4C3(C)C)c2)C1. The Morgan fingerprint density at radius 3 is 2.76 bits per heavy atom. The molecule has 2 aromatic rings. The van der Waals surface area contributed by atoms with Gasteiger partial charge in [-0.2, -0.15) is 0 Å². The van der Waals surface area contributed by atoms with E-state index in [0.717, 1.165) is 23.2 Å². The number of ether oxygens (including phenoxy) is 1. The number of pyridine rings is 1. The van der Waals surface area contributed by atoms with Crippen LogP contribution in [0, 0.1) is 0 Å². The Bertz CT molecular complexity index is 1080. The van der Waals surface area contributed by atoms with Crippen LogP contribution in [0.25, 0.3) is 0 Å². The number of nitrogens with one attached hydrogen (secondary N) is 1. The van der Waals surface area contributed by atoms with Gasteiger partial charge in [-0.3, -0.25) is 14.7 Å². The molecule has 1 aromatic heterocycles. The molecule has 4 rings (SSSR count). The number of hydrogen-bond donors (Lipinski definition) is 1. The maximum atomic E-state index is 13.2. The zero-order valence-electron chi connectivity index (χ0n) is 19.8. The molecule has 8 heteroatoms. The fraction of sp³-hybridized carbons (Fsp3) is 0.480. The van der Waals surface area contributed by atoms with Crippen molar-refractivity contribution in [3.8, 4) is 0 Å². The maximum Gasteiger partial charge on any atom is 0.410 e. The van der Waals surface area contributed by atoms with Crippen molar-refractivity contribution in [2.75, 3.05) is 18.0 Å². The number of anilines is 1. The van der Waals surface area contributed by atoms with Crippen LogP contribution >= 0.6 is 11.6 Å². The van der Waals surface area contributed by atoms with Crippen LogP contribution in [-0.4, -0.2) is 46.6 Å². The van der Waals surface area contributed by atoms with Crippen LogP contribution in [0.5, 0.6) is 0 Å². The molecule has 2 amide bonds. The monoisotopic (exact) mass is 470 g/mol. The summed E-state index contributed by atoms with van der Waals surface area (Å²) < 4.78 is 5.47. The number of amides is 2. The summed E-state index contributed by atoms with van der Waals surface area (Å²) >= 11 is 6.20. The quantitative estimate of drug-likeness (QED) is 0.699. The average molecular weight is 471 g/mol. The average Bonchev–Trinajstić information content (AvgIpc) is 3.27. The fourth-order valence-electron chi connectivity index (χ4n) is 4.52. The first-order valence-corrected chi connectivity index (χ1v) is 11.6. The number of fused-ring (bicyclic) bond motifs is 1. The van der Waals surface area contributed by atoms with Gasteiger partial charge >= 0.3 is 6.09 Å². The van der Waals surface area contributed by atoms with Crippen molar-refractivity contribution in [3.05, 3.63) is 58.4 Å². The number of nitrogens with zero attached hydrogens (tertiary/aromatic N) is 3. The number of likely N-dealkylation sites (tertiary alicyclic amines) is 1. The summed E-state index contributed by atoms with van der Waals surface area (Å²) in [5.41, 5.74) is 2.27. The predicted molar refractivity (Wildman–Crippen MR) is 129 cm³/mol. The molecule has 7 nitrogen and oxygen atoms in total. The minimum atomic E-state index is -0.537. The van der Waals surface area contributed by atoms with Gasteiger partial charge in [-0.05, 0) is 76.4 Å². The Morgan fingerprint density at radius 2 is 2.03 bits per heavy atom. The lowest BCUT2D eigenvalue weighted by molar-refractivity contribution is 0.0291. The van der Waals surface area contributed by atoms with E-state index >= 15 is 0 Å². The van der Waals surface area contributed by atoms with Gasteiger partial charge in [-0.25, -0.2) is 4.79 Å². The summed E-state index contributed by atoms with van der Waals surface area (Å²) in [6, 6.07) is 7.57. The summed E-state index contributed by atoms with van der Waals surface area (Å²) in [4.78, 5) is 33.4. The topological polar surface area (TPSA) is 74.8 Å². The van der Waals surface area contributed by atoms with Crippen LogP contribution in [0.1, 0.15) is 62.5 Å². The standard InChI is InChI=1S/C25H31ClN4O3/c1-24(2,3)33-23(32)29-9-8-18(15-29)28-13-16-10-19(14-27-12-16)30-22(31)20-7-6-17(26)11-21(20)25(30,4)5/h6-7,10-12,14,18,28H,8-9,13,15H2,1-5H3. The van der Waals surface area contributed by atoms with E-state index in [9.17, 15) is 9.59 Å². The Hall–Kier alpha value is -2.64. The zero-order valence-corrected chi connectivity index (χ0v) is 20.6. The Labute approximate surface area is 200 Å². The summed E-state index contributed by atoms with van der Waals surface area (Å²) in [5.74, 6) is -0.0534. The van der Waals surface area contributed by atoms with E-state index in [-0.39, 0.29) is 18.0 Å². The van der Waals surface area contributed by atoms with Crippen molar-refractivity contribution in [1.82, 2.24) is 15.2 Å². The van der Waals surface area contributed by atoms with Gasteiger partial charge in [0.05, 0.1) is 17.4 Å². The Balaban J connectivity index is 1.42. The molecule has 2 aliphatic heterocycles. The lowest BCUT2D eigenvalue weighted by Crippen LogP contribution is -2.39. The normalized spacial score (nSPS) is 19.7. The number of halogens is 1. The highest BCUT2D eigenvalue weighted by Crippen LogP contribution is 2.42. The summed E-state index contributed by atoms with van der Waals surface area (Å²) in [7, 11) is 0. The molecule has 0 spiro atoms. The molecule has 2 aliphatic rings. The number of carbonyl (C=O) groups is 2. The number of aromatic nitrogens is 1. The van der Waals surface area contributed by atoms with Crippen molar-refractivity contribution in [1.29, 1.82) is 0 Å². The van der Waals surface area contributed by atoms with Crippen molar-refractivity contribution in [2.24, 2.45) is 0 Å². The third-order valence-electron chi connectivity index (χ3n) is 6.11. The smallest absolute Gasteiger partial charge is 0.410 e. The van der Waals surface area contributed by atoms with Gasteiger partial charge < -0.3 is 15.0 Å². The van der Waals surface area contributed by atoms with Gasteiger partial charge in [0.1, 0.15) is 5.60 Å². The summed E-state index contributed by atoms with van der Waals surface area (Å²) in [6.45, 7) is 11.5. The van der Waals surface area contributed by atoms with Crippen LogP contribution in [0.3, 0.4) is 0 Å². The van der Waals surface area contributed by atoms with E-state index in [2.05, 4.69) is 10.3 Å². The highest BCUT2D eigenvalue weighted by atomic mass is 35.5. The van der Waals surface area contributed by atoms with Crippen molar-refractivity contribution < 1.29 is 14.3 Å². The predicted octanol–water partition coefficient (Wildman–Crippen LogP) is 4.73. The fourth-order valence-corrected chi connectivity index (χ4v) is 4.69. The number of hydrogen-bond acceptors (Lipinski definition) is 5. The van der Waals surface area contributed by atoms with Gasteiger partial charge in [-0.15, -0.1) is 0 Å². The first kappa shape index (κ1) is 23.5. The van der Waals surface area contributed by atoms with Gasteiger partial charge in [0.2, 0.25) is 0 Å².